The van der Waals surface area contributed by atoms with Crippen molar-refractivity contribution in [2.75, 3.05) is 22.9 Å². The number of amides is 1. The van der Waals surface area contributed by atoms with Gasteiger partial charge in [0.25, 0.3) is 0 Å². The number of nitrogens with zero attached hydrogens (tertiary/aromatic N) is 2. The molecule has 0 radical (unpaired) electrons. The molecule has 0 saturated carbocycles. The summed E-state index contributed by atoms with van der Waals surface area (Å²) in [6.07, 6.45) is 0.563. The van der Waals surface area contributed by atoms with Crippen LogP contribution in [0, 0.1) is 0 Å². The molecule has 17 heavy (non-hydrogen) atoms. The summed E-state index contributed by atoms with van der Waals surface area (Å²) < 4.78 is 0. The van der Waals surface area contributed by atoms with E-state index in [1.807, 2.05) is 30.0 Å². The third-order valence-corrected chi connectivity index (χ3v) is 3.41. The Hall–Kier alpha value is -1.51. The van der Waals surface area contributed by atoms with Crippen LogP contribution >= 0.6 is 0 Å². The molecule has 3 heteroatoms. The van der Waals surface area contributed by atoms with Crippen molar-refractivity contribution in [2.24, 2.45) is 0 Å². The summed E-state index contributed by atoms with van der Waals surface area (Å²) >= 11 is 0. The fourth-order valence-corrected chi connectivity index (χ4v) is 2.54. The number of hydrogen-bond acceptors (Lipinski definition) is 2. The summed E-state index contributed by atoms with van der Waals surface area (Å²) in [5.41, 5.74) is 2.23. The topological polar surface area (TPSA) is 23.6 Å². The highest BCUT2D eigenvalue weighted by atomic mass is 16.2. The molecule has 1 aromatic rings. The van der Waals surface area contributed by atoms with Crippen molar-refractivity contribution < 1.29 is 4.79 Å². The number of carbonyl (C=O) groups is 1. The van der Waals surface area contributed by atoms with Crippen LogP contribution in [0.4, 0.5) is 11.4 Å². The molecule has 0 spiro atoms. The van der Waals surface area contributed by atoms with Gasteiger partial charge >= 0.3 is 0 Å². The fourth-order valence-electron chi connectivity index (χ4n) is 2.54. The van der Waals surface area contributed by atoms with Gasteiger partial charge in [-0.05, 0) is 26.0 Å². The molecule has 0 aliphatic carbocycles. The standard InChI is InChI=1S/C14H20N2O/c1-4-14(17)16-10-11(3)15(5-2)12-8-6-7-9-13(12)16/h6-9,11H,4-5,10H2,1-3H3. The second-order valence-corrected chi connectivity index (χ2v) is 4.48. The van der Waals surface area contributed by atoms with Crippen molar-refractivity contribution in [3.63, 3.8) is 0 Å². The van der Waals surface area contributed by atoms with Crippen LogP contribution in [0.15, 0.2) is 24.3 Å². The van der Waals surface area contributed by atoms with Crippen LogP contribution < -0.4 is 9.80 Å². The highest BCUT2D eigenvalue weighted by Crippen LogP contribution is 2.35. The van der Waals surface area contributed by atoms with Gasteiger partial charge in [0.05, 0.1) is 11.4 Å². The molecule has 0 saturated heterocycles. The van der Waals surface area contributed by atoms with E-state index in [9.17, 15) is 4.79 Å². The zero-order valence-electron chi connectivity index (χ0n) is 10.8. The summed E-state index contributed by atoms with van der Waals surface area (Å²) in [6.45, 7) is 8.02. The van der Waals surface area contributed by atoms with E-state index in [2.05, 4.69) is 24.8 Å². The molecule has 92 valence electrons. The van der Waals surface area contributed by atoms with Crippen molar-refractivity contribution in [2.45, 2.75) is 33.2 Å². The van der Waals surface area contributed by atoms with Crippen LogP contribution in [0.2, 0.25) is 0 Å². The van der Waals surface area contributed by atoms with Crippen LogP contribution in [0.5, 0.6) is 0 Å². The maximum absolute atomic E-state index is 12.0. The van der Waals surface area contributed by atoms with Crippen LogP contribution in [0.25, 0.3) is 0 Å². The minimum absolute atomic E-state index is 0.208. The molecule has 0 N–H and O–H groups in total. The van der Waals surface area contributed by atoms with Crippen molar-refractivity contribution in [3.05, 3.63) is 24.3 Å². The highest BCUT2D eigenvalue weighted by molar-refractivity contribution is 5.97. The predicted molar refractivity (Wildman–Crippen MR) is 71.6 cm³/mol. The van der Waals surface area contributed by atoms with E-state index >= 15 is 0 Å². The Balaban J connectivity index is 2.45. The van der Waals surface area contributed by atoms with Gasteiger partial charge in [-0.2, -0.15) is 0 Å². The first kappa shape index (κ1) is 12.0. The second kappa shape index (κ2) is 4.78. The van der Waals surface area contributed by atoms with Gasteiger partial charge in [0.2, 0.25) is 5.91 Å². The maximum Gasteiger partial charge on any atom is 0.226 e. The Morgan fingerprint density at radius 1 is 1.29 bits per heavy atom. The van der Waals surface area contributed by atoms with E-state index in [1.165, 1.54) is 5.69 Å². The number of benzene rings is 1. The van der Waals surface area contributed by atoms with Gasteiger partial charge in [-0.25, -0.2) is 0 Å². The molecular formula is C14H20N2O. The molecule has 0 fully saturated rings. The lowest BCUT2D eigenvalue weighted by Gasteiger charge is -2.42. The molecule has 1 aliphatic rings. The average Bonchev–Trinajstić information content (AvgIpc) is 2.37. The summed E-state index contributed by atoms with van der Waals surface area (Å²) in [6, 6.07) is 8.56. The minimum atomic E-state index is 0.208. The van der Waals surface area contributed by atoms with Gasteiger partial charge in [-0.1, -0.05) is 19.1 Å². The molecule has 3 nitrogen and oxygen atoms in total. The predicted octanol–water partition coefficient (Wildman–Crippen LogP) is 2.66. The van der Waals surface area contributed by atoms with Gasteiger partial charge < -0.3 is 9.80 Å². The number of para-hydroxylation sites is 2. The Morgan fingerprint density at radius 2 is 1.94 bits per heavy atom. The maximum atomic E-state index is 12.0. The van der Waals surface area contributed by atoms with Crippen LogP contribution in [-0.4, -0.2) is 25.0 Å². The normalized spacial score (nSPS) is 19.1. The largest absolute Gasteiger partial charge is 0.366 e. The molecule has 1 atom stereocenters. The van der Waals surface area contributed by atoms with E-state index in [-0.39, 0.29) is 5.91 Å². The molecule has 2 rings (SSSR count). The fraction of sp³-hybridized carbons (Fsp3) is 0.500. The van der Waals surface area contributed by atoms with Crippen LogP contribution in [-0.2, 0) is 4.79 Å². The molecular weight excluding hydrogens is 212 g/mol. The summed E-state index contributed by atoms with van der Waals surface area (Å²) in [7, 11) is 0. The van der Waals surface area contributed by atoms with Crippen LogP contribution in [0.1, 0.15) is 27.2 Å². The second-order valence-electron chi connectivity index (χ2n) is 4.48. The molecule has 1 aromatic carbocycles. The van der Waals surface area contributed by atoms with E-state index < -0.39 is 0 Å². The van der Waals surface area contributed by atoms with Gasteiger partial charge in [0.1, 0.15) is 0 Å². The lowest BCUT2D eigenvalue weighted by Crippen LogP contribution is -2.49. The molecule has 1 amide bonds. The number of carbonyl (C=O) groups excluding carboxylic acids is 1. The minimum Gasteiger partial charge on any atom is -0.366 e. The number of hydrogen-bond donors (Lipinski definition) is 0. The molecule has 1 heterocycles. The third kappa shape index (κ3) is 2.02. The quantitative estimate of drug-likeness (QED) is 0.782. The van der Waals surface area contributed by atoms with Crippen molar-refractivity contribution in [1.82, 2.24) is 0 Å². The SMILES string of the molecule is CCC(=O)N1CC(C)N(CC)c2ccccc21. The summed E-state index contributed by atoms with van der Waals surface area (Å²) in [4.78, 5) is 16.3. The average molecular weight is 232 g/mol. The Labute approximate surface area is 103 Å². The Kier molecular flexibility index (Phi) is 3.36. The Morgan fingerprint density at radius 3 is 2.53 bits per heavy atom. The third-order valence-electron chi connectivity index (χ3n) is 3.41. The van der Waals surface area contributed by atoms with Gasteiger partial charge in [-0.15, -0.1) is 0 Å². The molecule has 0 aromatic heterocycles. The summed E-state index contributed by atoms with van der Waals surface area (Å²) in [5, 5.41) is 0. The first-order valence-electron chi connectivity index (χ1n) is 6.35. The van der Waals surface area contributed by atoms with E-state index in [1.54, 1.807) is 0 Å². The Bertz CT molecular complexity index is 416. The highest BCUT2D eigenvalue weighted by Gasteiger charge is 2.29. The lowest BCUT2D eigenvalue weighted by atomic mass is 10.1. The van der Waals surface area contributed by atoms with Crippen molar-refractivity contribution in [3.8, 4) is 0 Å². The zero-order chi connectivity index (χ0) is 12.4. The smallest absolute Gasteiger partial charge is 0.226 e. The first-order valence-corrected chi connectivity index (χ1v) is 6.35. The lowest BCUT2D eigenvalue weighted by molar-refractivity contribution is -0.118. The van der Waals surface area contributed by atoms with Gasteiger partial charge in [0, 0.05) is 25.6 Å². The van der Waals surface area contributed by atoms with E-state index in [4.69, 9.17) is 0 Å². The first-order chi connectivity index (χ1) is 8.19. The number of fused-ring (bicyclic) bond motifs is 1. The molecule has 1 aliphatic heterocycles. The van der Waals surface area contributed by atoms with E-state index in [0.29, 0.717) is 12.5 Å². The van der Waals surface area contributed by atoms with E-state index in [0.717, 1.165) is 18.8 Å². The van der Waals surface area contributed by atoms with Crippen LogP contribution in [0.3, 0.4) is 0 Å². The van der Waals surface area contributed by atoms with Crippen molar-refractivity contribution in [1.29, 1.82) is 0 Å². The zero-order valence-corrected chi connectivity index (χ0v) is 10.8. The van der Waals surface area contributed by atoms with Gasteiger partial charge in [-0.3, -0.25) is 4.79 Å². The monoisotopic (exact) mass is 232 g/mol. The van der Waals surface area contributed by atoms with Gasteiger partial charge in [0.15, 0.2) is 0 Å². The summed E-state index contributed by atoms with van der Waals surface area (Å²) in [5.74, 6) is 0.208. The number of likely N-dealkylation sites (N-methyl/N-ethyl adjacent to an activating group) is 1. The molecule has 0 bridgehead atoms. The van der Waals surface area contributed by atoms with Crippen molar-refractivity contribution >= 4 is 17.3 Å². The number of anilines is 2. The number of rotatable bonds is 2. The molecule has 1 unspecified atom stereocenters.